The van der Waals surface area contributed by atoms with E-state index >= 15 is 0 Å². The smallest absolute Gasteiger partial charge is 0.0338 e. The Hall–Kier alpha value is 0.290. The Morgan fingerprint density at radius 1 is 1.10 bits per heavy atom. The van der Waals surface area contributed by atoms with Crippen molar-refractivity contribution in [3.63, 3.8) is 0 Å². The quantitative estimate of drug-likeness (QED) is 0.376. The summed E-state index contributed by atoms with van der Waals surface area (Å²) in [4.78, 5) is 0. The van der Waals surface area contributed by atoms with Crippen LogP contribution in [0.5, 0.6) is 0 Å². The number of alkyl halides is 1. The van der Waals surface area contributed by atoms with Gasteiger partial charge in [-0.2, -0.15) is 0 Å². The molecule has 60 valence electrons. The van der Waals surface area contributed by atoms with Gasteiger partial charge >= 0.3 is 0 Å². The van der Waals surface area contributed by atoms with E-state index in [0.29, 0.717) is 5.38 Å². The van der Waals surface area contributed by atoms with Gasteiger partial charge in [-0.25, -0.2) is 0 Å². The van der Waals surface area contributed by atoms with E-state index in [1.165, 1.54) is 25.7 Å². The zero-order valence-electron chi connectivity index (χ0n) is 6.94. The van der Waals surface area contributed by atoms with E-state index in [1.807, 2.05) is 0 Å². The lowest BCUT2D eigenvalue weighted by Gasteiger charge is -2.16. The molecular weight excluding hydrogens is 144 g/mol. The average Bonchev–Trinajstić information content (AvgIpc) is 1.96. The van der Waals surface area contributed by atoms with Crippen LogP contribution in [0.15, 0.2) is 0 Å². The summed E-state index contributed by atoms with van der Waals surface area (Å²) in [6.07, 6.45) is 5.17. The molecule has 0 aliphatic heterocycles. The van der Waals surface area contributed by atoms with Crippen LogP contribution in [0.1, 0.15) is 39.5 Å². The van der Waals surface area contributed by atoms with Gasteiger partial charge in [0.25, 0.3) is 0 Å². The Bertz CT molecular complexity index is 101. The van der Waals surface area contributed by atoms with Gasteiger partial charge in [-0.05, 0) is 24.7 Å². The first-order valence-corrected chi connectivity index (χ1v) is 4.78. The fourth-order valence-corrected chi connectivity index (χ4v) is 2.13. The molecule has 1 aliphatic rings. The first-order valence-electron chi connectivity index (χ1n) is 4.34. The third-order valence-corrected chi connectivity index (χ3v) is 3.17. The second-order valence-electron chi connectivity index (χ2n) is 3.72. The van der Waals surface area contributed by atoms with Gasteiger partial charge in [-0.15, -0.1) is 11.6 Å². The second kappa shape index (κ2) is 3.61. The monoisotopic (exact) mass is 160 g/mol. The minimum absolute atomic E-state index is 0.458. The van der Waals surface area contributed by atoms with Crippen LogP contribution in [0.2, 0.25) is 0 Å². The lowest BCUT2D eigenvalue weighted by Crippen LogP contribution is -2.08. The summed E-state index contributed by atoms with van der Waals surface area (Å²) >= 11 is 6.08. The molecule has 0 unspecified atom stereocenters. The van der Waals surface area contributed by atoms with E-state index in [0.717, 1.165) is 11.8 Å². The number of hydrogen-bond donors (Lipinski definition) is 0. The highest BCUT2D eigenvalue weighted by Gasteiger charge is 2.20. The highest BCUT2D eigenvalue weighted by atomic mass is 35.5. The van der Waals surface area contributed by atoms with Crippen LogP contribution in [0.4, 0.5) is 0 Å². The molecule has 1 heteroatoms. The highest BCUT2D eigenvalue weighted by Crippen LogP contribution is 2.30. The van der Waals surface area contributed by atoms with Gasteiger partial charge in [-0.1, -0.05) is 26.7 Å². The number of hydrogen-bond acceptors (Lipinski definition) is 0. The third-order valence-electron chi connectivity index (χ3n) is 2.78. The van der Waals surface area contributed by atoms with Crippen LogP contribution in [0.3, 0.4) is 0 Å². The van der Waals surface area contributed by atoms with Crippen molar-refractivity contribution in [2.45, 2.75) is 44.9 Å². The number of rotatable bonds is 0. The molecular formula is C9H17Cl. The van der Waals surface area contributed by atoms with Crippen LogP contribution < -0.4 is 0 Å². The van der Waals surface area contributed by atoms with Gasteiger partial charge in [0.15, 0.2) is 0 Å². The van der Waals surface area contributed by atoms with Crippen LogP contribution >= 0.6 is 11.6 Å². The van der Waals surface area contributed by atoms with Crippen molar-refractivity contribution in [2.24, 2.45) is 11.8 Å². The van der Waals surface area contributed by atoms with Crippen LogP contribution in [-0.4, -0.2) is 5.38 Å². The van der Waals surface area contributed by atoms with Crippen molar-refractivity contribution < 1.29 is 0 Å². The van der Waals surface area contributed by atoms with Crippen LogP contribution in [0.25, 0.3) is 0 Å². The van der Waals surface area contributed by atoms with Crippen molar-refractivity contribution in [1.82, 2.24) is 0 Å². The first-order chi connectivity index (χ1) is 4.70. The molecule has 0 saturated heterocycles. The normalized spacial score (nSPS) is 42.9. The van der Waals surface area contributed by atoms with E-state index in [-0.39, 0.29) is 0 Å². The first kappa shape index (κ1) is 8.39. The Morgan fingerprint density at radius 3 is 2.50 bits per heavy atom. The van der Waals surface area contributed by atoms with E-state index < -0.39 is 0 Å². The van der Waals surface area contributed by atoms with Gasteiger partial charge in [-0.3, -0.25) is 0 Å². The standard InChI is InChI=1S/C9H17Cl/c1-7-4-3-5-9(10)6-8(7)2/h7-9H,3-6H2,1-2H3/t7-,8-,9-/m1/s1. The molecule has 1 aliphatic carbocycles. The SMILES string of the molecule is C[C@@H]1CCC[C@@H](Cl)C[C@H]1C. The minimum Gasteiger partial charge on any atom is -0.123 e. The summed E-state index contributed by atoms with van der Waals surface area (Å²) in [6.45, 7) is 4.67. The molecule has 0 aromatic rings. The van der Waals surface area contributed by atoms with Crippen LogP contribution in [-0.2, 0) is 0 Å². The number of halogens is 1. The van der Waals surface area contributed by atoms with Crippen molar-refractivity contribution in [1.29, 1.82) is 0 Å². The molecule has 0 N–H and O–H groups in total. The maximum absolute atomic E-state index is 6.08. The Morgan fingerprint density at radius 2 is 1.80 bits per heavy atom. The Balaban J connectivity index is 2.41. The largest absolute Gasteiger partial charge is 0.123 e. The topological polar surface area (TPSA) is 0 Å². The molecule has 1 saturated carbocycles. The maximum atomic E-state index is 6.08. The van der Waals surface area contributed by atoms with E-state index in [9.17, 15) is 0 Å². The molecule has 0 heterocycles. The molecule has 0 nitrogen and oxygen atoms in total. The zero-order valence-corrected chi connectivity index (χ0v) is 7.69. The Labute approximate surface area is 69.0 Å². The third kappa shape index (κ3) is 2.16. The maximum Gasteiger partial charge on any atom is 0.0338 e. The lowest BCUT2D eigenvalue weighted by atomic mass is 9.92. The molecule has 0 spiro atoms. The fourth-order valence-electron chi connectivity index (χ4n) is 1.70. The van der Waals surface area contributed by atoms with Gasteiger partial charge in [0, 0.05) is 5.38 Å². The molecule has 1 fully saturated rings. The van der Waals surface area contributed by atoms with Crippen molar-refractivity contribution >= 4 is 11.6 Å². The van der Waals surface area contributed by atoms with Gasteiger partial charge in [0.05, 0.1) is 0 Å². The van der Waals surface area contributed by atoms with Gasteiger partial charge in [0.1, 0.15) is 0 Å². The summed E-state index contributed by atoms with van der Waals surface area (Å²) in [5.74, 6) is 1.73. The summed E-state index contributed by atoms with van der Waals surface area (Å²) in [6, 6.07) is 0. The molecule has 0 radical (unpaired) electrons. The molecule has 10 heavy (non-hydrogen) atoms. The molecule has 0 aromatic carbocycles. The summed E-state index contributed by atoms with van der Waals surface area (Å²) in [7, 11) is 0. The second-order valence-corrected chi connectivity index (χ2v) is 4.34. The lowest BCUT2D eigenvalue weighted by molar-refractivity contribution is 0.368. The van der Waals surface area contributed by atoms with Crippen molar-refractivity contribution in [3.05, 3.63) is 0 Å². The van der Waals surface area contributed by atoms with Gasteiger partial charge < -0.3 is 0 Å². The molecule has 0 bridgehead atoms. The van der Waals surface area contributed by atoms with E-state index in [1.54, 1.807) is 0 Å². The molecule has 0 amide bonds. The van der Waals surface area contributed by atoms with E-state index in [4.69, 9.17) is 11.6 Å². The highest BCUT2D eigenvalue weighted by molar-refractivity contribution is 6.20. The molecule has 3 atom stereocenters. The molecule has 1 rings (SSSR count). The minimum atomic E-state index is 0.458. The predicted octanol–water partition coefficient (Wildman–Crippen LogP) is 3.44. The molecule has 0 aromatic heterocycles. The Kier molecular flexibility index (Phi) is 3.03. The average molecular weight is 161 g/mol. The predicted molar refractivity (Wildman–Crippen MR) is 46.4 cm³/mol. The summed E-state index contributed by atoms with van der Waals surface area (Å²) < 4.78 is 0. The van der Waals surface area contributed by atoms with E-state index in [2.05, 4.69) is 13.8 Å². The summed E-state index contributed by atoms with van der Waals surface area (Å²) in [5, 5.41) is 0.458. The van der Waals surface area contributed by atoms with Crippen molar-refractivity contribution in [3.8, 4) is 0 Å². The fraction of sp³-hybridized carbons (Fsp3) is 1.00. The van der Waals surface area contributed by atoms with Crippen LogP contribution in [0, 0.1) is 11.8 Å². The van der Waals surface area contributed by atoms with Crippen molar-refractivity contribution in [2.75, 3.05) is 0 Å². The zero-order chi connectivity index (χ0) is 7.56. The summed E-state index contributed by atoms with van der Waals surface area (Å²) in [5.41, 5.74) is 0. The van der Waals surface area contributed by atoms with Gasteiger partial charge in [0.2, 0.25) is 0 Å².